The first-order valence-corrected chi connectivity index (χ1v) is 20.9. The molecule has 3 aromatic heterocycles. The third kappa shape index (κ3) is 8.26. The van der Waals surface area contributed by atoms with Crippen molar-refractivity contribution in [3.05, 3.63) is 77.7 Å². The van der Waals surface area contributed by atoms with E-state index in [1.54, 1.807) is 11.3 Å². The van der Waals surface area contributed by atoms with E-state index in [2.05, 4.69) is 90.8 Å². The second-order valence-electron chi connectivity index (χ2n) is 13.6. The minimum Gasteiger partial charge on any atom is -0.494 e. The van der Waals surface area contributed by atoms with Crippen molar-refractivity contribution >= 4 is 40.8 Å². The van der Waals surface area contributed by atoms with Crippen LogP contribution in [0.15, 0.2) is 45.6 Å². The van der Waals surface area contributed by atoms with Crippen LogP contribution in [-0.2, 0) is 27.5 Å². The van der Waals surface area contributed by atoms with Crippen LogP contribution in [0.4, 0.5) is 0 Å². The Balaban J connectivity index is 1.74. The first-order valence-electron chi connectivity index (χ1n) is 14.9. The lowest BCUT2D eigenvalue weighted by molar-refractivity contribution is -0.142. The Hall–Kier alpha value is -2.29. The van der Waals surface area contributed by atoms with E-state index in [0.717, 1.165) is 33.9 Å². The lowest BCUT2D eigenvalue weighted by atomic mass is 10.1. The van der Waals surface area contributed by atoms with Crippen molar-refractivity contribution in [2.45, 2.75) is 104 Å². The molecule has 3 heterocycles. The van der Waals surface area contributed by atoms with Crippen molar-refractivity contribution in [3.63, 3.8) is 0 Å². The van der Waals surface area contributed by atoms with Crippen LogP contribution >= 0.6 is 22.7 Å². The molecule has 0 bridgehead atoms. The number of aromatic hydroxyl groups is 1. The molecule has 0 spiro atoms. The summed E-state index contributed by atoms with van der Waals surface area (Å²) < 4.78 is 20.7. The summed E-state index contributed by atoms with van der Waals surface area (Å²) in [7, 11) is -3.60. The number of thiophene rings is 1. The van der Waals surface area contributed by atoms with Crippen molar-refractivity contribution in [1.82, 2.24) is 9.97 Å². The van der Waals surface area contributed by atoms with Gasteiger partial charge in [-0.2, -0.15) is 0 Å². The molecule has 11 heteroatoms. The zero-order chi connectivity index (χ0) is 31.7. The molecule has 1 aromatic carbocycles. The molecule has 0 amide bonds. The Kier molecular flexibility index (Phi) is 10.1. The van der Waals surface area contributed by atoms with Crippen LogP contribution in [0.3, 0.4) is 0 Å². The van der Waals surface area contributed by atoms with Gasteiger partial charge in [-0.05, 0) is 67.7 Å². The first kappa shape index (κ1) is 33.6. The van der Waals surface area contributed by atoms with Gasteiger partial charge in [-0.1, -0.05) is 70.6 Å². The predicted molar refractivity (Wildman–Crippen MR) is 183 cm³/mol. The molecule has 43 heavy (non-hydrogen) atoms. The number of thiazole rings is 1. The largest absolute Gasteiger partial charge is 0.494 e. The van der Waals surface area contributed by atoms with E-state index in [-0.39, 0.29) is 20.8 Å². The number of aromatic amines is 1. The molecule has 7 nitrogen and oxygen atoms in total. The van der Waals surface area contributed by atoms with Crippen LogP contribution in [0.1, 0.15) is 79.6 Å². The normalized spacial score (nSPS) is 15.4. The minimum absolute atomic E-state index is 0.00874. The monoisotopic (exact) mass is 658 g/mol. The molecule has 0 aliphatic carbocycles. The molecule has 4 aromatic rings. The zero-order valence-corrected chi connectivity index (χ0v) is 31.0. The van der Waals surface area contributed by atoms with E-state index in [1.165, 1.54) is 10.4 Å². The van der Waals surface area contributed by atoms with Crippen molar-refractivity contribution in [1.29, 1.82) is 0 Å². The van der Waals surface area contributed by atoms with Gasteiger partial charge >= 0.3 is 4.87 Å². The highest BCUT2D eigenvalue weighted by atomic mass is 32.1. The fraction of sp³-hybridized carbons (Fsp3) is 0.500. The number of hydrogen-bond donors (Lipinski definition) is 2. The van der Waals surface area contributed by atoms with Gasteiger partial charge in [-0.25, -0.2) is 4.98 Å². The second kappa shape index (κ2) is 13.0. The molecular formula is C32H46N2O5S2Si2. The average molecular weight is 659 g/mol. The summed E-state index contributed by atoms with van der Waals surface area (Å²) >= 11 is 2.74. The zero-order valence-electron chi connectivity index (χ0n) is 27.1. The van der Waals surface area contributed by atoms with E-state index in [9.17, 15) is 9.90 Å². The second-order valence-corrected chi connectivity index (χ2v) is 22.5. The molecule has 0 saturated carbocycles. The number of aryl methyl sites for hydroxylation is 3. The van der Waals surface area contributed by atoms with Crippen LogP contribution in [0.5, 0.6) is 5.88 Å². The van der Waals surface area contributed by atoms with Crippen LogP contribution < -0.4 is 4.87 Å². The van der Waals surface area contributed by atoms with E-state index in [0.29, 0.717) is 29.4 Å². The van der Waals surface area contributed by atoms with E-state index in [1.807, 2.05) is 19.1 Å². The maximum absolute atomic E-state index is 11.7. The number of nitrogens with zero attached hydrogens (tertiary/aromatic N) is 1. The molecular weight excluding hydrogens is 613 g/mol. The summed E-state index contributed by atoms with van der Waals surface area (Å²) in [6, 6.07) is 12.4. The fourth-order valence-corrected chi connectivity index (χ4v) is 8.84. The maximum Gasteiger partial charge on any atom is 0.307 e. The molecule has 4 rings (SSSR count). The van der Waals surface area contributed by atoms with Gasteiger partial charge < -0.3 is 18.4 Å². The van der Waals surface area contributed by atoms with Crippen molar-refractivity contribution in [3.8, 4) is 17.3 Å². The molecule has 0 saturated heterocycles. The van der Waals surface area contributed by atoms with Gasteiger partial charge in [0.2, 0.25) is 11.8 Å². The number of oxazole rings is 1. The molecule has 2 unspecified atom stereocenters. The molecule has 2 atom stereocenters. The van der Waals surface area contributed by atoms with Gasteiger partial charge in [0.1, 0.15) is 11.5 Å². The van der Waals surface area contributed by atoms with Gasteiger partial charge in [0, 0.05) is 28.2 Å². The SMILES string of the molecule is Cc1ccc(-c2nc(C(CCc3ccc(Cc4sc(=O)[nH]c4O)s3)(O[SiH](C)C(C)(C)C)O[SiH](C)C(C)(C)C)c(C)o2)cc1. The molecule has 234 valence electrons. The van der Waals surface area contributed by atoms with Crippen LogP contribution in [0.25, 0.3) is 11.5 Å². The molecule has 0 aliphatic rings. The Labute approximate surface area is 266 Å². The highest BCUT2D eigenvalue weighted by molar-refractivity contribution is 7.12. The van der Waals surface area contributed by atoms with Gasteiger partial charge in [-0.15, -0.1) is 11.3 Å². The number of hydrogen-bond acceptors (Lipinski definition) is 8. The fourth-order valence-electron chi connectivity index (χ4n) is 4.44. The third-order valence-electron chi connectivity index (χ3n) is 8.08. The predicted octanol–water partition coefficient (Wildman–Crippen LogP) is 8.19. The number of H-pyrrole nitrogens is 1. The van der Waals surface area contributed by atoms with E-state index >= 15 is 0 Å². The molecule has 0 fully saturated rings. The molecule has 0 aliphatic heterocycles. The number of nitrogens with one attached hydrogen (secondary N) is 1. The number of benzene rings is 1. The van der Waals surface area contributed by atoms with E-state index in [4.69, 9.17) is 18.3 Å². The Morgan fingerprint density at radius 2 is 1.49 bits per heavy atom. The van der Waals surface area contributed by atoms with Crippen molar-refractivity contribution < 1.29 is 18.4 Å². The van der Waals surface area contributed by atoms with Crippen LogP contribution in [-0.4, -0.2) is 33.2 Å². The lowest BCUT2D eigenvalue weighted by Crippen LogP contribution is -2.47. The number of aromatic nitrogens is 2. The topological polar surface area (TPSA) is 97.6 Å². The minimum atomic E-state index is -1.80. The lowest BCUT2D eigenvalue weighted by Gasteiger charge is -2.43. The summed E-state index contributed by atoms with van der Waals surface area (Å²) in [5.74, 6) is 0.198. The van der Waals surface area contributed by atoms with Gasteiger partial charge in [-0.3, -0.25) is 9.78 Å². The summed E-state index contributed by atoms with van der Waals surface area (Å²) in [6.07, 6.45) is 1.84. The average Bonchev–Trinajstić information content (AvgIpc) is 3.60. The Bertz CT molecular complexity index is 1550. The highest BCUT2D eigenvalue weighted by Gasteiger charge is 2.46. The van der Waals surface area contributed by atoms with Crippen molar-refractivity contribution in [2.24, 2.45) is 0 Å². The Morgan fingerprint density at radius 1 is 0.907 bits per heavy atom. The Morgan fingerprint density at radius 3 is 2.02 bits per heavy atom. The van der Waals surface area contributed by atoms with Gasteiger partial charge in [0.05, 0.1) is 4.88 Å². The summed E-state index contributed by atoms with van der Waals surface area (Å²) in [6.45, 7) is 22.0. The maximum atomic E-state index is 11.7. The molecule has 0 radical (unpaired) electrons. The van der Waals surface area contributed by atoms with E-state index < -0.39 is 23.9 Å². The summed E-state index contributed by atoms with van der Waals surface area (Å²) in [5, 5.41) is 10.1. The number of rotatable bonds is 11. The van der Waals surface area contributed by atoms with Crippen LogP contribution in [0, 0.1) is 13.8 Å². The highest BCUT2D eigenvalue weighted by Crippen LogP contribution is 2.44. The standard InChI is InChI=1S/C32H46N2O5S2Si2/c1-20-11-13-22(14-12-20)28-33-26(21(2)37-28)32(38-42(9)30(3,4)5,39-43(10)31(6,7)8)18-17-23-15-16-24(40-23)19-25-27(35)34-29(36)41-25/h11-16,35,42-43H,17-19H2,1-10H3,(H,34,36). The quantitative estimate of drug-likeness (QED) is 0.125. The molecule has 2 N–H and O–H groups in total. The smallest absolute Gasteiger partial charge is 0.307 e. The first-order chi connectivity index (χ1) is 20.0. The van der Waals surface area contributed by atoms with Gasteiger partial charge in [0.15, 0.2) is 23.9 Å². The summed E-state index contributed by atoms with van der Waals surface area (Å²) in [5.41, 5.74) is 2.84. The van der Waals surface area contributed by atoms with Crippen LogP contribution in [0.2, 0.25) is 23.2 Å². The summed E-state index contributed by atoms with van der Waals surface area (Å²) in [4.78, 5) is 21.9. The third-order valence-corrected chi connectivity index (χ3v) is 16.4. The van der Waals surface area contributed by atoms with Gasteiger partial charge in [0.25, 0.3) is 0 Å². The van der Waals surface area contributed by atoms with Crippen molar-refractivity contribution in [2.75, 3.05) is 0 Å².